The first-order valence-electron chi connectivity index (χ1n) is 6.65. The molecule has 2 nitrogen and oxygen atoms in total. The summed E-state index contributed by atoms with van der Waals surface area (Å²) < 4.78 is 0. The Kier molecular flexibility index (Phi) is 7.67. The van der Waals surface area contributed by atoms with E-state index in [0.29, 0.717) is 0 Å². The highest BCUT2D eigenvalue weighted by Crippen LogP contribution is 2.16. The van der Waals surface area contributed by atoms with Crippen molar-refractivity contribution < 1.29 is 0 Å². The van der Waals surface area contributed by atoms with Crippen LogP contribution in [0, 0.1) is 5.92 Å². The maximum absolute atomic E-state index is 3.48. The molecule has 0 amide bonds. The molecule has 16 heavy (non-hydrogen) atoms. The summed E-state index contributed by atoms with van der Waals surface area (Å²) in [6.45, 7) is 5.17. The van der Waals surface area contributed by atoms with E-state index < -0.39 is 0 Å². The summed E-state index contributed by atoms with van der Waals surface area (Å²) >= 11 is 3.48. The predicted molar refractivity (Wildman–Crippen MR) is 75.4 cm³/mol. The van der Waals surface area contributed by atoms with E-state index in [2.05, 4.69) is 39.8 Å². The molecule has 0 spiro atoms. The minimum Gasteiger partial charge on any atom is -0.306 e. The van der Waals surface area contributed by atoms with Gasteiger partial charge in [0.15, 0.2) is 0 Å². The minimum absolute atomic E-state index is 0.942. The van der Waals surface area contributed by atoms with Gasteiger partial charge in [0.2, 0.25) is 0 Å². The van der Waals surface area contributed by atoms with Gasteiger partial charge in [0.25, 0.3) is 0 Å². The van der Waals surface area contributed by atoms with Gasteiger partial charge in [0.1, 0.15) is 0 Å². The number of rotatable bonds is 7. The Balaban J connectivity index is 2.02. The third-order valence-corrected chi connectivity index (χ3v) is 4.14. The fourth-order valence-electron chi connectivity index (χ4n) is 2.43. The Morgan fingerprint density at radius 2 is 1.88 bits per heavy atom. The van der Waals surface area contributed by atoms with Crippen LogP contribution in [0.3, 0.4) is 0 Å². The SMILES string of the molecule is CN1CCC(CN(C)CCCCCBr)CC1. The Bertz CT molecular complexity index is 167. The lowest BCUT2D eigenvalue weighted by Gasteiger charge is -2.31. The number of alkyl halides is 1. The Labute approximate surface area is 109 Å². The zero-order valence-electron chi connectivity index (χ0n) is 10.9. The smallest absolute Gasteiger partial charge is 0.00313 e. The average Bonchev–Trinajstić information content (AvgIpc) is 2.28. The summed E-state index contributed by atoms with van der Waals surface area (Å²) in [5.41, 5.74) is 0. The zero-order chi connectivity index (χ0) is 11.8. The first-order valence-corrected chi connectivity index (χ1v) is 7.77. The molecule has 1 rings (SSSR count). The monoisotopic (exact) mass is 290 g/mol. The van der Waals surface area contributed by atoms with Gasteiger partial charge in [-0.25, -0.2) is 0 Å². The maximum Gasteiger partial charge on any atom is 0.00313 e. The van der Waals surface area contributed by atoms with Gasteiger partial charge in [-0.05, 0) is 65.3 Å². The van der Waals surface area contributed by atoms with Crippen LogP contribution >= 0.6 is 15.9 Å². The topological polar surface area (TPSA) is 6.48 Å². The molecule has 0 N–H and O–H groups in total. The highest BCUT2D eigenvalue weighted by atomic mass is 79.9. The number of likely N-dealkylation sites (tertiary alicyclic amines) is 1. The summed E-state index contributed by atoms with van der Waals surface area (Å²) in [5, 5.41) is 1.16. The van der Waals surface area contributed by atoms with Gasteiger partial charge < -0.3 is 9.80 Å². The van der Waals surface area contributed by atoms with Crippen molar-refractivity contribution in [3.05, 3.63) is 0 Å². The van der Waals surface area contributed by atoms with Crippen molar-refractivity contribution in [2.75, 3.05) is 45.6 Å². The normalized spacial score (nSPS) is 19.5. The van der Waals surface area contributed by atoms with Gasteiger partial charge >= 0.3 is 0 Å². The Morgan fingerprint density at radius 3 is 2.50 bits per heavy atom. The second-order valence-electron chi connectivity index (χ2n) is 5.26. The Hall–Kier alpha value is 0.400. The largest absolute Gasteiger partial charge is 0.306 e. The van der Waals surface area contributed by atoms with E-state index in [4.69, 9.17) is 0 Å². The molecule has 96 valence electrons. The van der Waals surface area contributed by atoms with Gasteiger partial charge in [0, 0.05) is 11.9 Å². The molecule has 0 radical (unpaired) electrons. The molecule has 1 aliphatic rings. The molecular weight excluding hydrogens is 264 g/mol. The van der Waals surface area contributed by atoms with Crippen molar-refractivity contribution in [2.24, 2.45) is 5.92 Å². The molecule has 1 saturated heterocycles. The molecule has 0 saturated carbocycles. The Morgan fingerprint density at radius 1 is 1.19 bits per heavy atom. The number of unbranched alkanes of at least 4 members (excludes halogenated alkanes) is 2. The second-order valence-corrected chi connectivity index (χ2v) is 6.05. The molecule has 0 bridgehead atoms. The summed E-state index contributed by atoms with van der Waals surface area (Å²) in [5.74, 6) is 0.942. The lowest BCUT2D eigenvalue weighted by Crippen LogP contribution is -2.36. The van der Waals surface area contributed by atoms with Gasteiger partial charge in [-0.15, -0.1) is 0 Å². The van der Waals surface area contributed by atoms with Crippen LogP contribution in [0.25, 0.3) is 0 Å². The number of nitrogens with zero attached hydrogens (tertiary/aromatic N) is 2. The van der Waals surface area contributed by atoms with E-state index in [0.717, 1.165) is 11.2 Å². The molecule has 1 fully saturated rings. The molecule has 1 aliphatic heterocycles. The first kappa shape index (κ1) is 14.5. The van der Waals surface area contributed by atoms with Crippen molar-refractivity contribution in [1.82, 2.24) is 9.80 Å². The zero-order valence-corrected chi connectivity index (χ0v) is 12.5. The van der Waals surface area contributed by atoms with Crippen LogP contribution in [0.1, 0.15) is 32.1 Å². The van der Waals surface area contributed by atoms with Crippen molar-refractivity contribution >= 4 is 15.9 Å². The van der Waals surface area contributed by atoms with E-state index in [1.54, 1.807) is 0 Å². The quantitative estimate of drug-likeness (QED) is 0.526. The summed E-state index contributed by atoms with van der Waals surface area (Å²) in [7, 11) is 4.52. The minimum atomic E-state index is 0.942. The van der Waals surface area contributed by atoms with Gasteiger partial charge in [-0.2, -0.15) is 0 Å². The van der Waals surface area contributed by atoms with Crippen LogP contribution in [0.5, 0.6) is 0 Å². The van der Waals surface area contributed by atoms with Crippen molar-refractivity contribution in [2.45, 2.75) is 32.1 Å². The number of halogens is 1. The third kappa shape index (κ3) is 6.21. The highest BCUT2D eigenvalue weighted by molar-refractivity contribution is 9.09. The molecule has 0 aliphatic carbocycles. The lowest BCUT2D eigenvalue weighted by atomic mass is 9.96. The molecule has 0 aromatic carbocycles. The second kappa shape index (κ2) is 8.48. The van der Waals surface area contributed by atoms with E-state index >= 15 is 0 Å². The van der Waals surface area contributed by atoms with Crippen molar-refractivity contribution in [3.8, 4) is 0 Å². The van der Waals surface area contributed by atoms with Gasteiger partial charge in [0.05, 0.1) is 0 Å². The van der Waals surface area contributed by atoms with Crippen molar-refractivity contribution in [3.63, 3.8) is 0 Å². The molecule has 3 heteroatoms. The fourth-order valence-corrected chi connectivity index (χ4v) is 2.83. The predicted octanol–water partition coefficient (Wildman–Crippen LogP) is 2.83. The summed E-state index contributed by atoms with van der Waals surface area (Å²) in [4.78, 5) is 4.98. The van der Waals surface area contributed by atoms with E-state index in [1.165, 1.54) is 58.3 Å². The highest BCUT2D eigenvalue weighted by Gasteiger charge is 2.17. The third-order valence-electron chi connectivity index (χ3n) is 3.58. The molecule has 0 aromatic rings. The lowest BCUT2D eigenvalue weighted by molar-refractivity contribution is 0.175. The van der Waals surface area contributed by atoms with Crippen molar-refractivity contribution in [1.29, 1.82) is 0 Å². The summed E-state index contributed by atoms with van der Waals surface area (Å²) in [6, 6.07) is 0. The van der Waals surface area contributed by atoms with Crippen LogP contribution in [-0.4, -0.2) is 55.4 Å². The van der Waals surface area contributed by atoms with Crippen LogP contribution < -0.4 is 0 Å². The van der Waals surface area contributed by atoms with E-state index in [-0.39, 0.29) is 0 Å². The molecular formula is C13H27BrN2. The van der Waals surface area contributed by atoms with Crippen LogP contribution in [0.2, 0.25) is 0 Å². The van der Waals surface area contributed by atoms with E-state index in [9.17, 15) is 0 Å². The van der Waals surface area contributed by atoms with Gasteiger partial charge in [-0.3, -0.25) is 0 Å². The average molecular weight is 291 g/mol. The molecule has 0 aromatic heterocycles. The first-order chi connectivity index (χ1) is 7.72. The summed E-state index contributed by atoms with van der Waals surface area (Å²) in [6.07, 6.45) is 6.82. The molecule has 0 unspecified atom stereocenters. The van der Waals surface area contributed by atoms with Crippen LogP contribution in [0.15, 0.2) is 0 Å². The van der Waals surface area contributed by atoms with Crippen LogP contribution in [-0.2, 0) is 0 Å². The van der Waals surface area contributed by atoms with E-state index in [1.807, 2.05) is 0 Å². The number of hydrogen-bond donors (Lipinski definition) is 0. The maximum atomic E-state index is 3.48. The van der Waals surface area contributed by atoms with Gasteiger partial charge in [-0.1, -0.05) is 22.4 Å². The fraction of sp³-hybridized carbons (Fsp3) is 1.00. The standard InChI is InChI=1S/C13H27BrN2/c1-15-10-6-13(7-11-15)12-16(2)9-5-3-4-8-14/h13H,3-12H2,1-2H3. The molecule has 1 heterocycles. The number of hydrogen-bond acceptors (Lipinski definition) is 2. The van der Waals surface area contributed by atoms with Crippen LogP contribution in [0.4, 0.5) is 0 Å². The number of piperidine rings is 1. The molecule has 0 atom stereocenters.